The molecule has 26 heavy (non-hydrogen) atoms. The molecule has 0 radical (unpaired) electrons. The van der Waals surface area contributed by atoms with Crippen LogP contribution < -0.4 is 5.32 Å². The van der Waals surface area contributed by atoms with Gasteiger partial charge >= 0.3 is 5.97 Å². The van der Waals surface area contributed by atoms with Crippen molar-refractivity contribution >= 4 is 21.5 Å². The molecule has 6 heteroatoms. The fraction of sp³-hybridized carbons (Fsp3) is 0.250. The van der Waals surface area contributed by atoms with Gasteiger partial charge in [-0.25, -0.2) is 13.2 Å². The Balaban J connectivity index is 2.41. The highest BCUT2D eigenvalue weighted by Crippen LogP contribution is 2.23. The van der Waals surface area contributed by atoms with Gasteiger partial charge in [0.25, 0.3) is 0 Å². The van der Waals surface area contributed by atoms with E-state index >= 15 is 0 Å². The highest BCUT2D eigenvalue weighted by Gasteiger charge is 2.28. The predicted octanol–water partition coefficient (Wildman–Crippen LogP) is 3.77. The first kappa shape index (κ1) is 19.7. The van der Waals surface area contributed by atoms with E-state index in [1.165, 1.54) is 12.3 Å². The molecule has 0 aromatic heterocycles. The van der Waals surface area contributed by atoms with E-state index in [1.807, 2.05) is 45.0 Å². The van der Waals surface area contributed by atoms with Crippen LogP contribution in [0.25, 0.3) is 0 Å². The number of methoxy groups -OCH3 is 1. The van der Waals surface area contributed by atoms with Crippen LogP contribution in [0.2, 0.25) is 0 Å². The van der Waals surface area contributed by atoms with Gasteiger partial charge in [0.1, 0.15) is 0 Å². The number of sulfone groups is 1. The summed E-state index contributed by atoms with van der Waals surface area (Å²) in [5, 5.41) is 2.87. The van der Waals surface area contributed by atoms with Crippen molar-refractivity contribution in [3.63, 3.8) is 0 Å². The van der Waals surface area contributed by atoms with Crippen LogP contribution in [0, 0.1) is 13.8 Å². The van der Waals surface area contributed by atoms with Gasteiger partial charge in [0.15, 0.2) is 4.91 Å². The number of hydrogen-bond acceptors (Lipinski definition) is 5. The van der Waals surface area contributed by atoms with E-state index in [-0.39, 0.29) is 4.90 Å². The van der Waals surface area contributed by atoms with Gasteiger partial charge in [0.05, 0.1) is 12.0 Å². The summed E-state index contributed by atoms with van der Waals surface area (Å²) in [4.78, 5) is 11.7. The molecule has 0 aliphatic carbocycles. The molecule has 0 bridgehead atoms. The van der Waals surface area contributed by atoms with E-state index < -0.39 is 20.7 Å². The Kier molecular flexibility index (Phi) is 6.21. The summed E-state index contributed by atoms with van der Waals surface area (Å²) in [5.74, 6) is -0.916. The molecule has 0 unspecified atom stereocenters. The molecule has 0 fully saturated rings. The van der Waals surface area contributed by atoms with Gasteiger partial charge in [0.2, 0.25) is 9.84 Å². The van der Waals surface area contributed by atoms with E-state index in [0.29, 0.717) is 5.69 Å². The number of ether oxygens (including phenoxy) is 1. The zero-order valence-corrected chi connectivity index (χ0v) is 16.2. The molecule has 0 atom stereocenters. The first-order valence-electron chi connectivity index (χ1n) is 8.26. The molecule has 0 saturated heterocycles. The summed E-state index contributed by atoms with van der Waals surface area (Å²) in [5.41, 5.74) is 3.65. The van der Waals surface area contributed by atoms with Crippen molar-refractivity contribution < 1.29 is 17.9 Å². The number of carbonyl (C=O) groups is 1. The SMILES string of the molecule is CCc1ccc(NC=C(C(=O)OC)S(=O)(=O)c2ccc(C)c(C)c2)cc1. The molecule has 0 saturated carbocycles. The zero-order valence-electron chi connectivity index (χ0n) is 15.4. The number of esters is 1. The minimum atomic E-state index is -4.01. The molecule has 2 rings (SSSR count). The summed E-state index contributed by atoms with van der Waals surface area (Å²) in [6.45, 7) is 5.77. The Morgan fingerprint density at radius 3 is 2.27 bits per heavy atom. The van der Waals surface area contributed by atoms with Crippen LogP contribution >= 0.6 is 0 Å². The molecular formula is C20H23NO4S. The fourth-order valence-electron chi connectivity index (χ4n) is 2.34. The quantitative estimate of drug-likeness (QED) is 0.616. The highest BCUT2D eigenvalue weighted by atomic mass is 32.2. The van der Waals surface area contributed by atoms with Crippen molar-refractivity contribution in [2.24, 2.45) is 0 Å². The van der Waals surface area contributed by atoms with Gasteiger partial charge in [-0.05, 0) is 61.2 Å². The van der Waals surface area contributed by atoms with E-state index in [2.05, 4.69) is 10.1 Å². The van der Waals surface area contributed by atoms with E-state index in [4.69, 9.17) is 0 Å². The van der Waals surface area contributed by atoms with Crippen LogP contribution in [-0.4, -0.2) is 21.5 Å². The van der Waals surface area contributed by atoms with E-state index in [9.17, 15) is 13.2 Å². The van der Waals surface area contributed by atoms with Crippen molar-refractivity contribution in [2.75, 3.05) is 12.4 Å². The second-order valence-electron chi connectivity index (χ2n) is 5.94. The van der Waals surface area contributed by atoms with Crippen LogP contribution in [0.4, 0.5) is 5.69 Å². The summed E-state index contributed by atoms with van der Waals surface area (Å²) >= 11 is 0. The Labute approximate surface area is 154 Å². The largest absolute Gasteiger partial charge is 0.465 e. The third-order valence-electron chi connectivity index (χ3n) is 4.20. The van der Waals surface area contributed by atoms with Crippen molar-refractivity contribution in [2.45, 2.75) is 32.1 Å². The van der Waals surface area contributed by atoms with Crippen LogP contribution in [-0.2, 0) is 25.8 Å². The number of aryl methyl sites for hydroxylation is 3. The molecule has 138 valence electrons. The van der Waals surface area contributed by atoms with Crippen LogP contribution in [0.1, 0.15) is 23.6 Å². The van der Waals surface area contributed by atoms with E-state index in [1.54, 1.807) is 12.1 Å². The van der Waals surface area contributed by atoms with Crippen molar-refractivity contribution in [1.82, 2.24) is 0 Å². The van der Waals surface area contributed by atoms with E-state index in [0.717, 1.165) is 30.2 Å². The lowest BCUT2D eigenvalue weighted by atomic mass is 10.1. The number of carbonyl (C=O) groups excluding carboxylic acids is 1. The standard InChI is InChI=1S/C20H23NO4S/c1-5-16-7-9-17(10-8-16)21-13-19(20(22)25-4)26(23,24)18-11-6-14(2)15(3)12-18/h6-13,21H,5H2,1-4H3. The van der Waals surface area contributed by atoms with Gasteiger partial charge in [-0.15, -0.1) is 0 Å². The second kappa shape index (κ2) is 8.19. The molecule has 0 amide bonds. The molecule has 0 spiro atoms. The predicted molar refractivity (Wildman–Crippen MR) is 103 cm³/mol. The van der Waals surface area contributed by atoms with Crippen LogP contribution in [0.5, 0.6) is 0 Å². The first-order chi connectivity index (χ1) is 12.3. The Bertz CT molecular complexity index is 929. The Morgan fingerprint density at radius 2 is 1.73 bits per heavy atom. The summed E-state index contributed by atoms with van der Waals surface area (Å²) in [6.07, 6.45) is 2.09. The monoisotopic (exact) mass is 373 g/mol. The highest BCUT2D eigenvalue weighted by molar-refractivity contribution is 7.96. The Morgan fingerprint density at radius 1 is 1.08 bits per heavy atom. The number of nitrogens with one attached hydrogen (secondary N) is 1. The van der Waals surface area contributed by atoms with Crippen molar-refractivity contribution in [1.29, 1.82) is 0 Å². The van der Waals surface area contributed by atoms with Gasteiger partial charge in [-0.2, -0.15) is 0 Å². The number of anilines is 1. The minimum Gasteiger partial charge on any atom is -0.465 e. The molecule has 2 aromatic carbocycles. The lowest BCUT2D eigenvalue weighted by Gasteiger charge is -2.10. The fourth-order valence-corrected chi connectivity index (χ4v) is 3.69. The van der Waals surface area contributed by atoms with Crippen LogP contribution in [0.3, 0.4) is 0 Å². The summed E-state index contributed by atoms with van der Waals surface area (Å²) < 4.78 is 30.5. The van der Waals surface area contributed by atoms with Gasteiger partial charge < -0.3 is 10.1 Å². The maximum absolute atomic E-state index is 12.9. The molecular weight excluding hydrogens is 350 g/mol. The summed E-state index contributed by atoms with van der Waals surface area (Å²) in [6, 6.07) is 12.3. The number of hydrogen-bond donors (Lipinski definition) is 1. The molecule has 2 aromatic rings. The topological polar surface area (TPSA) is 72.5 Å². The molecule has 0 heterocycles. The average molecular weight is 373 g/mol. The van der Waals surface area contributed by atoms with Crippen molar-refractivity contribution in [3.05, 3.63) is 70.3 Å². The van der Waals surface area contributed by atoms with Crippen molar-refractivity contribution in [3.8, 4) is 0 Å². The lowest BCUT2D eigenvalue weighted by molar-refractivity contribution is -0.135. The number of benzene rings is 2. The van der Waals surface area contributed by atoms with Crippen LogP contribution in [0.15, 0.2) is 58.5 Å². The van der Waals surface area contributed by atoms with Gasteiger partial charge in [-0.3, -0.25) is 0 Å². The summed E-state index contributed by atoms with van der Waals surface area (Å²) in [7, 11) is -2.86. The normalized spacial score (nSPS) is 11.9. The molecule has 0 aliphatic heterocycles. The lowest BCUT2D eigenvalue weighted by Crippen LogP contribution is -2.17. The van der Waals surface area contributed by atoms with Gasteiger partial charge in [-0.1, -0.05) is 25.1 Å². The maximum atomic E-state index is 12.9. The first-order valence-corrected chi connectivity index (χ1v) is 9.74. The molecule has 1 N–H and O–H groups in total. The zero-order chi connectivity index (χ0) is 19.3. The molecule has 5 nitrogen and oxygen atoms in total. The number of rotatable bonds is 6. The third kappa shape index (κ3) is 4.32. The minimum absolute atomic E-state index is 0.0559. The smallest absolute Gasteiger partial charge is 0.351 e. The third-order valence-corrected chi connectivity index (χ3v) is 5.93. The molecule has 0 aliphatic rings. The Hall–Kier alpha value is -2.60. The second-order valence-corrected chi connectivity index (χ2v) is 7.86. The maximum Gasteiger partial charge on any atom is 0.351 e. The average Bonchev–Trinajstić information content (AvgIpc) is 2.64. The van der Waals surface area contributed by atoms with Gasteiger partial charge in [0, 0.05) is 11.9 Å².